The van der Waals surface area contributed by atoms with E-state index in [1.807, 2.05) is 0 Å². The van der Waals surface area contributed by atoms with E-state index in [4.69, 9.17) is 0 Å². The normalized spacial score (nSPS) is 33.2. The van der Waals surface area contributed by atoms with Crippen LogP contribution in [0, 0.1) is 42.3 Å². The highest BCUT2D eigenvalue weighted by Crippen LogP contribution is 2.68. The molecule has 3 heterocycles. The van der Waals surface area contributed by atoms with Crippen LogP contribution in [0.5, 0.6) is 0 Å². The van der Waals surface area contributed by atoms with Crippen LogP contribution in [0.4, 0.5) is 10.1 Å². The quantitative estimate of drug-likeness (QED) is 0.533. The van der Waals surface area contributed by atoms with Crippen molar-refractivity contribution in [2.75, 3.05) is 4.90 Å². The highest BCUT2D eigenvalue weighted by Gasteiger charge is 2.69. The zero-order chi connectivity index (χ0) is 23.3. The Hall–Kier alpha value is -2.71. The predicted octanol–water partition coefficient (Wildman–Crippen LogP) is 4.56. The Balaban J connectivity index is 1.32. The van der Waals surface area contributed by atoms with Gasteiger partial charge in [-0.1, -0.05) is 41.2 Å². The number of anilines is 1. The molecule has 3 fully saturated rings. The fourth-order valence-electron chi connectivity index (χ4n) is 7.01. The van der Waals surface area contributed by atoms with Gasteiger partial charge in [-0.15, -0.1) is 11.8 Å². The van der Waals surface area contributed by atoms with E-state index in [0.717, 1.165) is 21.9 Å². The van der Waals surface area contributed by atoms with Gasteiger partial charge in [0.15, 0.2) is 0 Å². The summed E-state index contributed by atoms with van der Waals surface area (Å²) in [6.45, 7) is 2.05. The molecule has 2 aromatic carbocycles. The number of rotatable bonds is 2. The number of thiazole rings is 1. The summed E-state index contributed by atoms with van der Waals surface area (Å²) in [5.41, 5.74) is 2.78. The van der Waals surface area contributed by atoms with Crippen LogP contribution in [-0.4, -0.2) is 22.0 Å². The second kappa shape index (κ2) is 7.15. The summed E-state index contributed by atoms with van der Waals surface area (Å²) < 4.78 is 13.5. The fraction of sp³-hybridized carbons (Fsp3) is 0.346. The summed E-state index contributed by atoms with van der Waals surface area (Å²) in [5.74, 6) is -1.05. The Morgan fingerprint density at radius 1 is 0.941 bits per heavy atom. The number of hydrogen-bond donors (Lipinski definition) is 1. The van der Waals surface area contributed by atoms with E-state index in [0.29, 0.717) is 5.69 Å². The zero-order valence-corrected chi connectivity index (χ0v) is 19.9. The molecule has 4 aliphatic rings. The molecule has 1 N–H and O–H groups in total. The number of hydrogen-bond acceptors (Lipinski definition) is 5. The van der Waals surface area contributed by atoms with Crippen LogP contribution in [0.2, 0.25) is 0 Å². The van der Waals surface area contributed by atoms with Gasteiger partial charge in [-0.25, -0.2) is 4.39 Å². The number of imide groups is 1. The van der Waals surface area contributed by atoms with Crippen molar-refractivity contribution in [3.8, 4) is 0 Å². The molecule has 0 spiro atoms. The molecule has 2 bridgehead atoms. The van der Waals surface area contributed by atoms with E-state index >= 15 is 0 Å². The molecule has 8 heteroatoms. The number of carbonyl (C=O) groups is 2. The fourth-order valence-corrected chi connectivity index (χ4v) is 9.90. The molecule has 1 saturated heterocycles. The Labute approximate surface area is 203 Å². The molecule has 0 unspecified atom stereocenters. The van der Waals surface area contributed by atoms with Crippen LogP contribution in [0.1, 0.15) is 28.3 Å². The molecule has 3 aromatic rings. The van der Waals surface area contributed by atoms with Crippen LogP contribution in [0.3, 0.4) is 0 Å². The molecular formula is C26H21FN2O3S2. The van der Waals surface area contributed by atoms with Gasteiger partial charge in [-0.3, -0.25) is 19.3 Å². The lowest BCUT2D eigenvalue weighted by Crippen LogP contribution is -2.42. The molecule has 2 saturated carbocycles. The largest absolute Gasteiger partial charge is 0.307 e. The third kappa shape index (κ3) is 2.69. The molecule has 34 heavy (non-hydrogen) atoms. The van der Waals surface area contributed by atoms with E-state index < -0.39 is 5.82 Å². The monoisotopic (exact) mass is 492 g/mol. The van der Waals surface area contributed by atoms with Crippen LogP contribution in [-0.2, 0) is 9.59 Å². The lowest BCUT2D eigenvalue weighted by atomic mass is 9.68. The molecule has 2 aliphatic carbocycles. The summed E-state index contributed by atoms with van der Waals surface area (Å²) in [4.78, 5) is 44.8. The number of halogens is 1. The molecule has 7 atom stereocenters. The van der Waals surface area contributed by atoms with Crippen molar-refractivity contribution in [2.24, 2.45) is 29.6 Å². The molecule has 2 amide bonds. The summed E-state index contributed by atoms with van der Waals surface area (Å²) in [6, 6.07) is 14.1. The second-order valence-electron chi connectivity index (χ2n) is 9.86. The van der Waals surface area contributed by atoms with Gasteiger partial charge in [0, 0.05) is 16.0 Å². The summed E-state index contributed by atoms with van der Waals surface area (Å²) in [6.07, 6.45) is 0.855. The highest BCUT2D eigenvalue weighted by atomic mass is 32.2. The number of aromatic amines is 1. The molecule has 0 radical (unpaired) electrons. The number of aryl methyl sites for hydroxylation is 1. The summed E-state index contributed by atoms with van der Waals surface area (Å²) in [7, 11) is 0. The van der Waals surface area contributed by atoms with Gasteiger partial charge in [-0.2, -0.15) is 0 Å². The average Bonchev–Trinajstić information content (AvgIpc) is 3.54. The van der Waals surface area contributed by atoms with E-state index in [1.165, 1.54) is 46.1 Å². The number of carbonyl (C=O) groups excluding carboxylic acids is 2. The average molecular weight is 493 g/mol. The predicted molar refractivity (Wildman–Crippen MR) is 129 cm³/mol. The first-order chi connectivity index (χ1) is 16.4. The highest BCUT2D eigenvalue weighted by molar-refractivity contribution is 8.00. The van der Waals surface area contributed by atoms with Crippen molar-refractivity contribution in [3.63, 3.8) is 0 Å². The summed E-state index contributed by atoms with van der Waals surface area (Å²) in [5, 5.41) is 1.08. The van der Waals surface area contributed by atoms with Crippen LogP contribution in [0.15, 0.2) is 58.4 Å². The van der Waals surface area contributed by atoms with Gasteiger partial charge in [0.05, 0.1) is 22.5 Å². The van der Waals surface area contributed by atoms with Crippen LogP contribution in [0.25, 0.3) is 0 Å². The van der Waals surface area contributed by atoms with E-state index in [2.05, 4.69) is 36.2 Å². The number of thioether (sulfide) groups is 1. The molecule has 7 rings (SSSR count). The Morgan fingerprint density at radius 3 is 2.32 bits per heavy atom. The first-order valence-corrected chi connectivity index (χ1v) is 13.2. The number of amides is 2. The van der Waals surface area contributed by atoms with Gasteiger partial charge < -0.3 is 4.98 Å². The SMILES string of the molecule is Cc1ccc([C@@H]2c3sc(=O)[nH]c3S[C@@H]3[C@@H]4C[C@@H]([C@@H]5C(=O)N(c6ccc(F)cc6)C(=O)[C@@H]45)[C@H]23)cc1. The molecule has 1 aromatic heterocycles. The van der Waals surface area contributed by atoms with Gasteiger partial charge in [0.1, 0.15) is 5.82 Å². The molecule has 2 aliphatic heterocycles. The van der Waals surface area contributed by atoms with E-state index in [-0.39, 0.29) is 57.4 Å². The standard InChI is InChI=1S/C26H21FN2O3S2/c1-11-2-4-12(5-3-11)17-18-15-10-16(21(18)33-23-22(17)34-26(32)28-23)20-19(15)24(30)29(25(20)31)14-8-6-13(27)7-9-14/h2-9,15-21H,10H2,1H3,(H,28,32)/t15-,16-,17+,18-,19+,20+,21-/m1/s1. The second-order valence-corrected chi connectivity index (χ2v) is 12.1. The smallest absolute Gasteiger partial charge is 0.305 e. The maximum Gasteiger partial charge on any atom is 0.305 e. The van der Waals surface area contributed by atoms with E-state index in [9.17, 15) is 18.8 Å². The number of H-pyrrole nitrogens is 1. The number of nitrogens with zero attached hydrogens (tertiary/aromatic N) is 1. The number of nitrogens with one attached hydrogen (secondary N) is 1. The van der Waals surface area contributed by atoms with Crippen LogP contribution >= 0.6 is 23.1 Å². The minimum atomic E-state index is -0.397. The van der Waals surface area contributed by atoms with Crippen molar-refractivity contribution in [1.29, 1.82) is 0 Å². The van der Waals surface area contributed by atoms with E-state index in [1.54, 1.807) is 11.8 Å². The summed E-state index contributed by atoms with van der Waals surface area (Å²) >= 11 is 2.96. The van der Waals surface area contributed by atoms with Crippen molar-refractivity contribution < 1.29 is 14.0 Å². The number of benzene rings is 2. The minimum Gasteiger partial charge on any atom is -0.307 e. The van der Waals surface area contributed by atoms with Crippen LogP contribution < -0.4 is 9.77 Å². The van der Waals surface area contributed by atoms with Crippen molar-refractivity contribution in [3.05, 3.63) is 80.0 Å². The van der Waals surface area contributed by atoms with Gasteiger partial charge in [0.2, 0.25) is 11.8 Å². The molecular weight excluding hydrogens is 471 g/mol. The van der Waals surface area contributed by atoms with Gasteiger partial charge in [0.25, 0.3) is 0 Å². The maximum absolute atomic E-state index is 13.6. The lowest BCUT2D eigenvalue weighted by molar-refractivity contribution is -0.123. The molecule has 5 nitrogen and oxygen atoms in total. The third-order valence-electron chi connectivity index (χ3n) is 8.25. The van der Waals surface area contributed by atoms with Gasteiger partial charge >= 0.3 is 4.87 Å². The van der Waals surface area contributed by atoms with Gasteiger partial charge in [-0.05, 0) is 60.9 Å². The number of aromatic nitrogens is 1. The molecule has 172 valence electrons. The van der Waals surface area contributed by atoms with Crippen molar-refractivity contribution >= 4 is 40.6 Å². The minimum absolute atomic E-state index is 0.0320. The Bertz CT molecular complexity index is 1400. The zero-order valence-electron chi connectivity index (χ0n) is 18.2. The number of fused-ring (bicyclic) bond motifs is 9. The van der Waals surface area contributed by atoms with Crippen molar-refractivity contribution in [1.82, 2.24) is 4.98 Å². The lowest BCUT2D eigenvalue weighted by Gasteiger charge is -2.43. The maximum atomic E-state index is 13.6. The Kier molecular flexibility index (Phi) is 4.34. The first-order valence-electron chi connectivity index (χ1n) is 11.5. The third-order valence-corrected chi connectivity index (χ3v) is 10.8. The topological polar surface area (TPSA) is 70.2 Å². The first kappa shape index (κ1) is 20.6. The Morgan fingerprint density at radius 2 is 1.62 bits per heavy atom. The van der Waals surface area contributed by atoms with Crippen molar-refractivity contribution in [2.45, 2.75) is 29.5 Å².